The first-order chi connectivity index (χ1) is 8.81. The molecule has 2 atom stereocenters. The molecule has 1 aliphatic carbocycles. The monoisotopic (exact) mass is 245 g/mol. The average molecular weight is 245 g/mol. The van der Waals surface area contributed by atoms with Gasteiger partial charge >= 0.3 is 0 Å². The van der Waals surface area contributed by atoms with E-state index in [4.69, 9.17) is 0 Å². The van der Waals surface area contributed by atoms with Crippen molar-refractivity contribution < 1.29 is 0 Å². The first-order valence-electron chi connectivity index (χ1n) is 7.65. The normalized spacial score (nSPS) is 20.4. The Bertz CT molecular complexity index is 358. The zero-order chi connectivity index (χ0) is 12.8. The molecular formula is C17H27N. The van der Waals surface area contributed by atoms with Gasteiger partial charge in [0.25, 0.3) is 0 Å². The standard InChI is InChI=1S/C17H27N/c1-3-4-5-9-14(2)18-17-13-8-11-15-10-6-7-12-16(15)17/h6-7,10,12,14,17-18H,3-5,8-9,11,13H2,1-2H3. The fourth-order valence-corrected chi connectivity index (χ4v) is 3.05. The number of hydrogen-bond donors (Lipinski definition) is 1. The Morgan fingerprint density at radius 1 is 1.28 bits per heavy atom. The van der Waals surface area contributed by atoms with Crippen LogP contribution in [0.4, 0.5) is 0 Å². The summed E-state index contributed by atoms with van der Waals surface area (Å²) in [5.74, 6) is 0. The zero-order valence-electron chi connectivity index (χ0n) is 11.9. The maximum absolute atomic E-state index is 3.83. The molecule has 1 aliphatic rings. The van der Waals surface area contributed by atoms with E-state index in [0.29, 0.717) is 12.1 Å². The van der Waals surface area contributed by atoms with Crippen LogP contribution in [0, 0.1) is 0 Å². The van der Waals surface area contributed by atoms with Crippen LogP contribution in [0.1, 0.15) is 69.5 Å². The quantitative estimate of drug-likeness (QED) is 0.721. The molecule has 2 unspecified atom stereocenters. The molecular weight excluding hydrogens is 218 g/mol. The van der Waals surface area contributed by atoms with Crippen LogP contribution in [-0.4, -0.2) is 6.04 Å². The van der Waals surface area contributed by atoms with E-state index in [9.17, 15) is 0 Å². The molecule has 2 rings (SSSR count). The number of rotatable bonds is 6. The van der Waals surface area contributed by atoms with Crippen LogP contribution in [0.5, 0.6) is 0 Å². The summed E-state index contributed by atoms with van der Waals surface area (Å²) in [6.07, 6.45) is 9.25. The molecule has 1 N–H and O–H groups in total. The van der Waals surface area contributed by atoms with Gasteiger partial charge in [-0.15, -0.1) is 0 Å². The van der Waals surface area contributed by atoms with Crippen molar-refractivity contribution in [3.63, 3.8) is 0 Å². The van der Waals surface area contributed by atoms with Crippen molar-refractivity contribution in [1.29, 1.82) is 0 Å². The second-order valence-electron chi connectivity index (χ2n) is 5.71. The summed E-state index contributed by atoms with van der Waals surface area (Å²) in [5, 5.41) is 3.83. The number of benzene rings is 1. The summed E-state index contributed by atoms with van der Waals surface area (Å²) in [4.78, 5) is 0. The molecule has 18 heavy (non-hydrogen) atoms. The minimum absolute atomic E-state index is 0.589. The number of nitrogens with one attached hydrogen (secondary N) is 1. The Labute approximate surface area is 112 Å². The fraction of sp³-hybridized carbons (Fsp3) is 0.647. The van der Waals surface area contributed by atoms with Crippen molar-refractivity contribution in [2.75, 3.05) is 0 Å². The van der Waals surface area contributed by atoms with Crippen molar-refractivity contribution >= 4 is 0 Å². The number of aryl methyl sites for hydroxylation is 1. The lowest BCUT2D eigenvalue weighted by atomic mass is 9.87. The molecule has 0 saturated carbocycles. The van der Waals surface area contributed by atoms with Gasteiger partial charge in [0.15, 0.2) is 0 Å². The molecule has 100 valence electrons. The molecule has 0 amide bonds. The van der Waals surface area contributed by atoms with E-state index in [2.05, 4.69) is 43.4 Å². The average Bonchev–Trinajstić information content (AvgIpc) is 2.39. The van der Waals surface area contributed by atoms with Crippen LogP contribution in [0.15, 0.2) is 24.3 Å². The van der Waals surface area contributed by atoms with Gasteiger partial charge in [0.05, 0.1) is 0 Å². The molecule has 1 heteroatoms. The lowest BCUT2D eigenvalue weighted by molar-refractivity contribution is 0.387. The Hall–Kier alpha value is -0.820. The van der Waals surface area contributed by atoms with Crippen LogP contribution in [0.2, 0.25) is 0 Å². The minimum Gasteiger partial charge on any atom is -0.307 e. The third-order valence-electron chi connectivity index (χ3n) is 4.10. The fourth-order valence-electron chi connectivity index (χ4n) is 3.05. The van der Waals surface area contributed by atoms with Crippen molar-refractivity contribution in [1.82, 2.24) is 5.32 Å². The summed E-state index contributed by atoms with van der Waals surface area (Å²) >= 11 is 0. The van der Waals surface area contributed by atoms with Gasteiger partial charge in [0.2, 0.25) is 0 Å². The van der Waals surface area contributed by atoms with Crippen LogP contribution < -0.4 is 5.32 Å². The van der Waals surface area contributed by atoms with Crippen LogP contribution in [-0.2, 0) is 6.42 Å². The zero-order valence-corrected chi connectivity index (χ0v) is 11.9. The Kier molecular flexibility index (Phi) is 5.25. The van der Waals surface area contributed by atoms with Crippen molar-refractivity contribution in [2.24, 2.45) is 0 Å². The van der Waals surface area contributed by atoms with Gasteiger partial charge in [0, 0.05) is 12.1 Å². The largest absolute Gasteiger partial charge is 0.307 e. The maximum atomic E-state index is 3.83. The predicted molar refractivity (Wildman–Crippen MR) is 78.9 cm³/mol. The van der Waals surface area contributed by atoms with E-state index in [0.717, 1.165) is 0 Å². The highest BCUT2D eigenvalue weighted by molar-refractivity contribution is 5.32. The number of unbranched alkanes of at least 4 members (excludes halogenated alkanes) is 2. The number of hydrogen-bond acceptors (Lipinski definition) is 1. The van der Waals surface area contributed by atoms with E-state index in [1.807, 2.05) is 0 Å². The SMILES string of the molecule is CCCCCC(C)NC1CCCc2ccccc21. The molecule has 1 nitrogen and oxygen atoms in total. The van der Waals surface area contributed by atoms with E-state index in [-0.39, 0.29) is 0 Å². The van der Waals surface area contributed by atoms with E-state index >= 15 is 0 Å². The summed E-state index contributed by atoms with van der Waals surface area (Å²) < 4.78 is 0. The van der Waals surface area contributed by atoms with Gasteiger partial charge in [-0.3, -0.25) is 0 Å². The van der Waals surface area contributed by atoms with Gasteiger partial charge in [-0.2, -0.15) is 0 Å². The highest BCUT2D eigenvalue weighted by Crippen LogP contribution is 2.30. The molecule has 0 fully saturated rings. The summed E-state index contributed by atoms with van der Waals surface area (Å²) in [6.45, 7) is 4.61. The summed E-state index contributed by atoms with van der Waals surface area (Å²) in [6, 6.07) is 10.2. The second-order valence-corrected chi connectivity index (χ2v) is 5.71. The third kappa shape index (κ3) is 3.58. The molecule has 0 saturated heterocycles. The molecule has 1 aromatic carbocycles. The third-order valence-corrected chi connectivity index (χ3v) is 4.10. The van der Waals surface area contributed by atoms with Gasteiger partial charge in [-0.05, 0) is 43.7 Å². The van der Waals surface area contributed by atoms with Gasteiger partial charge in [-0.1, -0.05) is 50.5 Å². The smallest absolute Gasteiger partial charge is 0.0325 e. The van der Waals surface area contributed by atoms with E-state index < -0.39 is 0 Å². The number of fused-ring (bicyclic) bond motifs is 1. The summed E-state index contributed by atoms with van der Waals surface area (Å²) in [5.41, 5.74) is 3.10. The topological polar surface area (TPSA) is 12.0 Å². The second kappa shape index (κ2) is 6.94. The van der Waals surface area contributed by atoms with Crippen LogP contribution in [0.25, 0.3) is 0 Å². The van der Waals surface area contributed by atoms with Gasteiger partial charge < -0.3 is 5.32 Å². The molecule has 0 spiro atoms. The van der Waals surface area contributed by atoms with Gasteiger partial charge in [-0.25, -0.2) is 0 Å². The van der Waals surface area contributed by atoms with Gasteiger partial charge in [0.1, 0.15) is 0 Å². The Morgan fingerprint density at radius 2 is 2.11 bits per heavy atom. The molecule has 0 aliphatic heterocycles. The molecule has 0 radical (unpaired) electrons. The highest BCUT2D eigenvalue weighted by atomic mass is 14.9. The molecule has 0 aromatic heterocycles. The first-order valence-corrected chi connectivity index (χ1v) is 7.65. The van der Waals surface area contributed by atoms with E-state index in [1.165, 1.54) is 44.9 Å². The van der Waals surface area contributed by atoms with Crippen LogP contribution >= 0.6 is 0 Å². The predicted octanol–water partition coefficient (Wildman–Crippen LogP) is 4.62. The van der Waals surface area contributed by atoms with Crippen molar-refractivity contribution in [2.45, 2.75) is 70.9 Å². The Balaban J connectivity index is 1.90. The van der Waals surface area contributed by atoms with Crippen molar-refractivity contribution in [3.8, 4) is 0 Å². The summed E-state index contributed by atoms with van der Waals surface area (Å²) in [7, 11) is 0. The highest BCUT2D eigenvalue weighted by Gasteiger charge is 2.20. The van der Waals surface area contributed by atoms with Crippen LogP contribution in [0.3, 0.4) is 0 Å². The molecule has 1 aromatic rings. The minimum atomic E-state index is 0.589. The van der Waals surface area contributed by atoms with Crippen molar-refractivity contribution in [3.05, 3.63) is 35.4 Å². The lowest BCUT2D eigenvalue weighted by Gasteiger charge is -2.29. The Morgan fingerprint density at radius 3 is 2.94 bits per heavy atom. The first kappa shape index (κ1) is 13.6. The van der Waals surface area contributed by atoms with E-state index in [1.54, 1.807) is 11.1 Å². The lowest BCUT2D eigenvalue weighted by Crippen LogP contribution is -2.32. The maximum Gasteiger partial charge on any atom is 0.0325 e. The molecule has 0 heterocycles. The molecule has 0 bridgehead atoms.